The van der Waals surface area contributed by atoms with E-state index < -0.39 is 18.1 Å². The van der Waals surface area contributed by atoms with Gasteiger partial charge in [0.15, 0.2) is 0 Å². The topological polar surface area (TPSA) is 38.3 Å². The lowest BCUT2D eigenvalue weighted by Crippen LogP contribution is -2.59. The van der Waals surface area contributed by atoms with E-state index in [0.717, 1.165) is 0 Å². The van der Waals surface area contributed by atoms with Crippen molar-refractivity contribution in [2.45, 2.75) is 39.0 Å². The fourth-order valence-electron chi connectivity index (χ4n) is 1.41. The Morgan fingerprint density at radius 2 is 2.08 bits per heavy atom. The summed E-state index contributed by atoms with van der Waals surface area (Å²) in [5.41, 5.74) is 0. The molecule has 1 fully saturated rings. The van der Waals surface area contributed by atoms with Crippen molar-refractivity contribution in [3.63, 3.8) is 0 Å². The molecule has 0 radical (unpaired) electrons. The van der Waals surface area contributed by atoms with Gasteiger partial charge in [0.25, 0.3) is 0 Å². The van der Waals surface area contributed by atoms with Crippen molar-refractivity contribution in [1.82, 2.24) is 5.32 Å². The SMILES string of the molecule is CC(C)C1OC(F)(F)C(=O)N[C@@H]1C. The fourth-order valence-corrected chi connectivity index (χ4v) is 1.41. The maximum atomic E-state index is 12.7. The highest BCUT2D eigenvalue weighted by atomic mass is 19.3. The number of amides is 1. The largest absolute Gasteiger partial charge is 0.436 e. The van der Waals surface area contributed by atoms with Crippen molar-refractivity contribution in [2.24, 2.45) is 5.92 Å². The number of halogens is 2. The number of ether oxygens (including phenoxy) is 1. The number of hydrogen-bond acceptors (Lipinski definition) is 2. The molecular weight excluding hydrogens is 180 g/mol. The molecule has 2 atom stereocenters. The van der Waals surface area contributed by atoms with Crippen LogP contribution in [0.3, 0.4) is 0 Å². The van der Waals surface area contributed by atoms with Crippen LogP contribution in [0.1, 0.15) is 20.8 Å². The number of morpholine rings is 1. The highest BCUT2D eigenvalue weighted by Gasteiger charge is 2.49. The monoisotopic (exact) mass is 193 g/mol. The van der Waals surface area contributed by atoms with E-state index >= 15 is 0 Å². The quantitative estimate of drug-likeness (QED) is 0.678. The zero-order valence-corrected chi connectivity index (χ0v) is 7.80. The van der Waals surface area contributed by atoms with Crippen LogP contribution in [0.2, 0.25) is 0 Å². The van der Waals surface area contributed by atoms with Gasteiger partial charge in [0.2, 0.25) is 0 Å². The average molecular weight is 193 g/mol. The summed E-state index contributed by atoms with van der Waals surface area (Å²) in [5.74, 6) is -1.40. The van der Waals surface area contributed by atoms with E-state index in [4.69, 9.17) is 0 Å². The molecule has 76 valence electrons. The Hall–Kier alpha value is -0.710. The molecule has 0 aromatic heterocycles. The Morgan fingerprint density at radius 1 is 1.54 bits per heavy atom. The second kappa shape index (κ2) is 3.21. The molecule has 3 nitrogen and oxygen atoms in total. The molecule has 0 aromatic carbocycles. The minimum atomic E-state index is -3.68. The molecule has 13 heavy (non-hydrogen) atoms. The first-order valence-electron chi connectivity index (χ1n) is 4.21. The molecule has 0 aromatic rings. The van der Waals surface area contributed by atoms with Crippen molar-refractivity contribution in [3.05, 3.63) is 0 Å². The highest BCUT2D eigenvalue weighted by Crippen LogP contribution is 2.27. The lowest BCUT2D eigenvalue weighted by Gasteiger charge is -2.36. The van der Waals surface area contributed by atoms with Crippen molar-refractivity contribution < 1.29 is 18.3 Å². The summed E-state index contributed by atoms with van der Waals surface area (Å²) < 4.78 is 29.9. The number of nitrogens with one attached hydrogen (secondary N) is 1. The summed E-state index contributed by atoms with van der Waals surface area (Å²) >= 11 is 0. The summed E-state index contributed by atoms with van der Waals surface area (Å²) in [7, 11) is 0. The number of alkyl halides is 2. The van der Waals surface area contributed by atoms with E-state index in [0.29, 0.717) is 0 Å². The molecular formula is C8H13F2NO2. The Kier molecular flexibility index (Phi) is 2.56. The van der Waals surface area contributed by atoms with Crippen molar-refractivity contribution in [1.29, 1.82) is 0 Å². The molecule has 1 rings (SSSR count). The zero-order chi connectivity index (χ0) is 10.2. The van der Waals surface area contributed by atoms with Crippen LogP contribution >= 0.6 is 0 Å². The van der Waals surface area contributed by atoms with Gasteiger partial charge in [-0.3, -0.25) is 4.79 Å². The Morgan fingerprint density at radius 3 is 2.54 bits per heavy atom. The van der Waals surface area contributed by atoms with Gasteiger partial charge < -0.3 is 10.1 Å². The molecule has 1 N–H and O–H groups in total. The van der Waals surface area contributed by atoms with Gasteiger partial charge in [-0.15, -0.1) is 0 Å². The molecule has 1 heterocycles. The van der Waals surface area contributed by atoms with Crippen molar-refractivity contribution >= 4 is 5.91 Å². The van der Waals surface area contributed by atoms with E-state index in [9.17, 15) is 13.6 Å². The number of hydrogen-bond donors (Lipinski definition) is 1. The average Bonchev–Trinajstić information content (AvgIpc) is 1.97. The van der Waals surface area contributed by atoms with Crippen LogP contribution in [-0.2, 0) is 9.53 Å². The molecule has 1 aliphatic rings. The third-order valence-corrected chi connectivity index (χ3v) is 2.06. The third-order valence-electron chi connectivity index (χ3n) is 2.06. The summed E-state index contributed by atoms with van der Waals surface area (Å²) in [6.45, 7) is 5.20. The first kappa shape index (κ1) is 10.4. The first-order valence-corrected chi connectivity index (χ1v) is 4.21. The second-order valence-corrected chi connectivity index (χ2v) is 3.61. The van der Waals surface area contributed by atoms with Crippen molar-refractivity contribution in [2.75, 3.05) is 0 Å². The summed E-state index contributed by atoms with van der Waals surface area (Å²) in [5, 5.41) is 2.19. The van der Waals surface area contributed by atoms with E-state index in [1.807, 2.05) is 0 Å². The van der Waals surface area contributed by atoms with E-state index in [1.54, 1.807) is 20.8 Å². The van der Waals surface area contributed by atoms with Gasteiger partial charge in [0.1, 0.15) is 0 Å². The summed E-state index contributed by atoms with van der Waals surface area (Å²) in [6.07, 6.45) is -4.31. The number of carbonyl (C=O) groups is 1. The Bertz CT molecular complexity index is 218. The maximum absolute atomic E-state index is 12.7. The number of rotatable bonds is 1. The Labute approximate surface area is 75.4 Å². The normalized spacial score (nSPS) is 33.2. The Balaban J connectivity index is 2.76. The molecule has 1 saturated heterocycles. The van der Waals surface area contributed by atoms with Gasteiger partial charge in [-0.2, -0.15) is 8.78 Å². The molecule has 0 saturated carbocycles. The molecule has 0 aliphatic carbocycles. The summed E-state index contributed by atoms with van der Waals surface area (Å²) in [6, 6.07) is -0.368. The van der Waals surface area contributed by atoms with Gasteiger partial charge in [0, 0.05) is 0 Å². The molecule has 1 amide bonds. The van der Waals surface area contributed by atoms with Gasteiger partial charge >= 0.3 is 12.0 Å². The second-order valence-electron chi connectivity index (χ2n) is 3.61. The van der Waals surface area contributed by atoms with Gasteiger partial charge in [-0.05, 0) is 12.8 Å². The highest BCUT2D eigenvalue weighted by molar-refractivity contribution is 5.82. The number of carbonyl (C=O) groups excluding carboxylic acids is 1. The van der Waals surface area contributed by atoms with Crippen LogP contribution in [0, 0.1) is 5.92 Å². The van der Waals surface area contributed by atoms with Gasteiger partial charge in [0.05, 0.1) is 12.1 Å². The standard InChI is InChI=1S/C8H13F2NO2/c1-4(2)6-5(3)11-7(12)8(9,10)13-6/h4-6H,1-3H3,(H,11,12)/t5-,6?/m1/s1. The third kappa shape index (κ3) is 1.96. The van der Waals surface area contributed by atoms with Crippen LogP contribution in [-0.4, -0.2) is 24.2 Å². The lowest BCUT2D eigenvalue weighted by atomic mass is 9.99. The minimum absolute atomic E-state index is 0.0542. The summed E-state index contributed by atoms with van der Waals surface area (Å²) in [4.78, 5) is 10.7. The molecule has 0 bridgehead atoms. The van der Waals surface area contributed by atoms with Crippen LogP contribution in [0.15, 0.2) is 0 Å². The first-order chi connectivity index (χ1) is 5.84. The molecule has 1 aliphatic heterocycles. The van der Waals surface area contributed by atoms with Crippen molar-refractivity contribution in [3.8, 4) is 0 Å². The van der Waals surface area contributed by atoms with Crippen LogP contribution in [0.25, 0.3) is 0 Å². The minimum Gasteiger partial charge on any atom is -0.343 e. The fraction of sp³-hybridized carbons (Fsp3) is 0.875. The van der Waals surface area contributed by atoms with E-state index in [-0.39, 0.29) is 12.0 Å². The molecule has 1 unspecified atom stereocenters. The lowest BCUT2D eigenvalue weighted by molar-refractivity contribution is -0.273. The zero-order valence-electron chi connectivity index (χ0n) is 7.80. The predicted octanol–water partition coefficient (Wildman–Crippen LogP) is 1.14. The van der Waals surface area contributed by atoms with Gasteiger partial charge in [-0.1, -0.05) is 13.8 Å². The van der Waals surface area contributed by atoms with Gasteiger partial charge in [-0.25, -0.2) is 0 Å². The predicted molar refractivity (Wildman–Crippen MR) is 42.3 cm³/mol. The molecule has 0 spiro atoms. The van der Waals surface area contributed by atoms with E-state index in [1.165, 1.54) is 0 Å². The van der Waals surface area contributed by atoms with Crippen LogP contribution in [0.4, 0.5) is 8.78 Å². The smallest absolute Gasteiger partial charge is 0.343 e. The molecule has 5 heteroatoms. The van der Waals surface area contributed by atoms with Crippen LogP contribution < -0.4 is 5.32 Å². The van der Waals surface area contributed by atoms with Crippen LogP contribution in [0.5, 0.6) is 0 Å². The van der Waals surface area contributed by atoms with E-state index in [2.05, 4.69) is 10.1 Å². The maximum Gasteiger partial charge on any atom is 0.436 e.